The molecule has 2 unspecified atom stereocenters. The van der Waals surface area contributed by atoms with E-state index in [9.17, 15) is 0 Å². The summed E-state index contributed by atoms with van der Waals surface area (Å²) < 4.78 is 0. The third-order valence-electron chi connectivity index (χ3n) is 5.23. The van der Waals surface area contributed by atoms with Crippen LogP contribution in [0.4, 0.5) is 0 Å². The van der Waals surface area contributed by atoms with Gasteiger partial charge in [-0.05, 0) is 50.3 Å². The zero-order valence-electron chi connectivity index (χ0n) is 12.7. The molecule has 0 aromatic heterocycles. The number of hydrogen-bond acceptors (Lipinski definition) is 2. The first-order valence-corrected chi connectivity index (χ1v) is 8.34. The summed E-state index contributed by atoms with van der Waals surface area (Å²) in [5.74, 6) is 0.953. The van der Waals surface area contributed by atoms with E-state index in [2.05, 4.69) is 47.9 Å². The van der Waals surface area contributed by atoms with Crippen molar-refractivity contribution in [3.8, 4) is 0 Å². The lowest BCUT2D eigenvalue weighted by Crippen LogP contribution is -2.47. The molecular formula is C18H28N2. The van der Waals surface area contributed by atoms with Gasteiger partial charge in [0.1, 0.15) is 0 Å². The van der Waals surface area contributed by atoms with Crippen LogP contribution in [0.1, 0.15) is 44.6 Å². The fourth-order valence-electron chi connectivity index (χ4n) is 3.78. The smallest absolute Gasteiger partial charge is 0.0102 e. The van der Waals surface area contributed by atoms with Gasteiger partial charge in [0, 0.05) is 18.0 Å². The van der Waals surface area contributed by atoms with E-state index in [1.165, 1.54) is 37.7 Å². The highest BCUT2D eigenvalue weighted by Crippen LogP contribution is 2.37. The molecule has 3 rings (SSSR count). The largest absolute Gasteiger partial charge is 0.317 e. The molecule has 1 saturated carbocycles. The third kappa shape index (κ3) is 3.07. The van der Waals surface area contributed by atoms with Crippen molar-refractivity contribution >= 4 is 0 Å². The Bertz CT molecular complexity index is 409. The van der Waals surface area contributed by atoms with Crippen LogP contribution >= 0.6 is 0 Å². The van der Waals surface area contributed by atoms with Crippen LogP contribution in [0, 0.1) is 5.92 Å². The van der Waals surface area contributed by atoms with Gasteiger partial charge in [0.2, 0.25) is 0 Å². The Balaban J connectivity index is 1.65. The van der Waals surface area contributed by atoms with Crippen LogP contribution in [0.3, 0.4) is 0 Å². The van der Waals surface area contributed by atoms with Crippen molar-refractivity contribution in [3.05, 3.63) is 35.9 Å². The second kappa shape index (κ2) is 6.28. The first-order chi connectivity index (χ1) is 9.84. The Labute approximate surface area is 123 Å². The zero-order chi connectivity index (χ0) is 13.8. The maximum Gasteiger partial charge on any atom is 0.0102 e. The second-order valence-electron chi connectivity index (χ2n) is 6.67. The van der Waals surface area contributed by atoms with Crippen molar-refractivity contribution in [1.29, 1.82) is 0 Å². The van der Waals surface area contributed by atoms with Crippen molar-refractivity contribution in [3.63, 3.8) is 0 Å². The van der Waals surface area contributed by atoms with Gasteiger partial charge in [-0.25, -0.2) is 0 Å². The van der Waals surface area contributed by atoms with E-state index in [-0.39, 0.29) is 0 Å². The van der Waals surface area contributed by atoms with Crippen molar-refractivity contribution < 1.29 is 0 Å². The van der Waals surface area contributed by atoms with Gasteiger partial charge in [-0.2, -0.15) is 0 Å². The number of rotatable bonds is 6. The number of benzene rings is 1. The number of hydrogen-bond donors (Lipinski definition) is 2. The molecule has 2 fully saturated rings. The molecule has 2 nitrogen and oxygen atoms in total. The Kier molecular flexibility index (Phi) is 4.42. The van der Waals surface area contributed by atoms with Crippen molar-refractivity contribution in [2.45, 2.75) is 50.5 Å². The van der Waals surface area contributed by atoms with Crippen molar-refractivity contribution in [2.24, 2.45) is 5.92 Å². The molecule has 0 amide bonds. The fourth-order valence-corrected chi connectivity index (χ4v) is 3.78. The summed E-state index contributed by atoms with van der Waals surface area (Å²) in [4.78, 5) is 0. The van der Waals surface area contributed by atoms with Crippen LogP contribution in [-0.2, 0) is 5.41 Å². The lowest BCUT2D eigenvalue weighted by molar-refractivity contribution is 0.290. The molecule has 0 radical (unpaired) electrons. The van der Waals surface area contributed by atoms with Crippen LogP contribution in [0.5, 0.6) is 0 Å². The minimum absolute atomic E-state index is 0.353. The summed E-state index contributed by atoms with van der Waals surface area (Å²) in [5.41, 5.74) is 1.88. The molecule has 0 spiro atoms. The Morgan fingerprint density at radius 1 is 1.20 bits per heavy atom. The van der Waals surface area contributed by atoms with Gasteiger partial charge in [0.05, 0.1) is 0 Å². The van der Waals surface area contributed by atoms with Gasteiger partial charge in [0.15, 0.2) is 0 Å². The quantitative estimate of drug-likeness (QED) is 0.831. The second-order valence-corrected chi connectivity index (χ2v) is 6.67. The third-order valence-corrected chi connectivity index (χ3v) is 5.23. The van der Waals surface area contributed by atoms with Gasteiger partial charge in [-0.15, -0.1) is 0 Å². The maximum absolute atomic E-state index is 3.87. The average Bonchev–Trinajstić information content (AvgIpc) is 3.26. The molecule has 20 heavy (non-hydrogen) atoms. The number of piperidine rings is 1. The highest BCUT2D eigenvalue weighted by atomic mass is 15.0. The van der Waals surface area contributed by atoms with Gasteiger partial charge >= 0.3 is 0 Å². The molecule has 2 heteroatoms. The standard InChI is InChI=1S/C18H28N2/c1-2-6-15-13-17(15)20-14-18(9-11-19-12-10-18)16-7-4-3-5-8-16/h3-5,7-8,15,17,19-20H,2,6,9-14H2,1H3. The van der Waals surface area contributed by atoms with Crippen LogP contribution in [0.15, 0.2) is 30.3 Å². The lowest BCUT2D eigenvalue weighted by atomic mass is 9.73. The summed E-state index contributed by atoms with van der Waals surface area (Å²) in [6, 6.07) is 12.0. The minimum atomic E-state index is 0.353. The summed E-state index contributed by atoms with van der Waals surface area (Å²) in [6.45, 7) is 5.76. The fraction of sp³-hybridized carbons (Fsp3) is 0.667. The molecule has 1 saturated heterocycles. The van der Waals surface area contributed by atoms with E-state index in [4.69, 9.17) is 0 Å². The van der Waals surface area contributed by atoms with Crippen molar-refractivity contribution in [2.75, 3.05) is 19.6 Å². The van der Waals surface area contributed by atoms with Crippen LogP contribution in [0.25, 0.3) is 0 Å². The first kappa shape index (κ1) is 14.1. The van der Waals surface area contributed by atoms with E-state index in [1.54, 1.807) is 0 Å². The van der Waals surface area contributed by atoms with E-state index in [0.717, 1.165) is 31.6 Å². The van der Waals surface area contributed by atoms with E-state index in [0.29, 0.717) is 5.41 Å². The molecule has 0 bridgehead atoms. The normalized spacial score (nSPS) is 28.2. The molecule has 1 heterocycles. The molecular weight excluding hydrogens is 244 g/mol. The van der Waals surface area contributed by atoms with Crippen LogP contribution < -0.4 is 10.6 Å². The molecule has 1 aliphatic carbocycles. The van der Waals surface area contributed by atoms with Gasteiger partial charge in [0.25, 0.3) is 0 Å². The summed E-state index contributed by atoms with van der Waals surface area (Å²) in [7, 11) is 0. The zero-order valence-corrected chi connectivity index (χ0v) is 12.7. The Hall–Kier alpha value is -0.860. The van der Waals surface area contributed by atoms with Crippen LogP contribution in [-0.4, -0.2) is 25.7 Å². The van der Waals surface area contributed by atoms with Gasteiger partial charge < -0.3 is 10.6 Å². The Morgan fingerprint density at radius 2 is 1.95 bits per heavy atom. The average molecular weight is 272 g/mol. The predicted octanol–water partition coefficient (Wildman–Crippen LogP) is 3.09. The highest BCUT2D eigenvalue weighted by molar-refractivity contribution is 5.27. The SMILES string of the molecule is CCCC1CC1NCC1(c2ccccc2)CCNCC1. The minimum Gasteiger partial charge on any atom is -0.317 e. The van der Waals surface area contributed by atoms with Crippen LogP contribution in [0.2, 0.25) is 0 Å². The van der Waals surface area contributed by atoms with Crippen molar-refractivity contribution in [1.82, 2.24) is 10.6 Å². The topological polar surface area (TPSA) is 24.1 Å². The summed E-state index contributed by atoms with van der Waals surface area (Å²) >= 11 is 0. The molecule has 2 aliphatic rings. The molecule has 1 aromatic rings. The van der Waals surface area contributed by atoms with Gasteiger partial charge in [-0.1, -0.05) is 43.7 Å². The van der Waals surface area contributed by atoms with Gasteiger partial charge in [-0.3, -0.25) is 0 Å². The van der Waals surface area contributed by atoms with E-state index in [1.807, 2.05) is 0 Å². The molecule has 2 atom stereocenters. The molecule has 1 aliphatic heterocycles. The predicted molar refractivity (Wildman–Crippen MR) is 85.0 cm³/mol. The highest BCUT2D eigenvalue weighted by Gasteiger charge is 2.39. The maximum atomic E-state index is 3.87. The lowest BCUT2D eigenvalue weighted by Gasteiger charge is -2.38. The van der Waals surface area contributed by atoms with E-state index >= 15 is 0 Å². The summed E-state index contributed by atoms with van der Waals surface area (Å²) in [5, 5.41) is 7.39. The number of nitrogens with one attached hydrogen (secondary N) is 2. The first-order valence-electron chi connectivity index (χ1n) is 8.34. The summed E-state index contributed by atoms with van der Waals surface area (Å²) in [6.07, 6.45) is 6.65. The molecule has 2 N–H and O–H groups in total. The molecule has 110 valence electrons. The van der Waals surface area contributed by atoms with E-state index < -0.39 is 0 Å². The molecule has 1 aromatic carbocycles. The monoisotopic (exact) mass is 272 g/mol. The Morgan fingerprint density at radius 3 is 2.65 bits per heavy atom.